The molecule has 30 heavy (non-hydrogen) atoms. The van der Waals surface area contributed by atoms with E-state index in [2.05, 4.69) is 26.1 Å². The van der Waals surface area contributed by atoms with Crippen molar-refractivity contribution in [2.75, 3.05) is 16.0 Å². The third kappa shape index (κ3) is 4.17. The molecule has 1 aromatic heterocycles. The highest BCUT2D eigenvalue weighted by Crippen LogP contribution is 2.18. The van der Waals surface area contributed by atoms with Gasteiger partial charge in [-0.25, -0.2) is 9.89 Å². The van der Waals surface area contributed by atoms with Crippen molar-refractivity contribution in [3.63, 3.8) is 0 Å². The Balaban J connectivity index is 1.50. The average molecular weight is 399 g/mol. The molecule has 0 aliphatic rings. The van der Waals surface area contributed by atoms with Gasteiger partial charge in [-0.05, 0) is 36.4 Å². The summed E-state index contributed by atoms with van der Waals surface area (Å²) < 4.78 is 0. The first-order chi connectivity index (χ1) is 14.6. The number of carbonyl (C=O) groups excluding carboxylic acids is 2. The van der Waals surface area contributed by atoms with Crippen LogP contribution in [0.5, 0.6) is 0 Å². The van der Waals surface area contributed by atoms with Crippen LogP contribution in [-0.2, 0) is 0 Å². The summed E-state index contributed by atoms with van der Waals surface area (Å²) in [5.41, 5.74) is 1.37. The quantitative estimate of drug-likeness (QED) is 0.417. The fourth-order valence-electron chi connectivity index (χ4n) is 2.97. The number of hydrogen-bond acceptors (Lipinski definition) is 4. The zero-order chi connectivity index (χ0) is 20.9. The number of aromatic amines is 1. The predicted molar refractivity (Wildman–Crippen MR) is 116 cm³/mol. The van der Waals surface area contributed by atoms with Crippen molar-refractivity contribution in [1.29, 1.82) is 0 Å². The van der Waals surface area contributed by atoms with Gasteiger partial charge >= 0.3 is 6.03 Å². The second-order valence-electron chi connectivity index (χ2n) is 6.43. The number of urea groups is 1. The molecule has 8 nitrogen and oxygen atoms in total. The van der Waals surface area contributed by atoms with Gasteiger partial charge in [0.1, 0.15) is 0 Å². The average Bonchev–Trinajstić information content (AvgIpc) is 2.75. The number of rotatable bonds is 4. The summed E-state index contributed by atoms with van der Waals surface area (Å²) in [5.74, 6) is -0.478. The fourth-order valence-corrected chi connectivity index (χ4v) is 2.97. The van der Waals surface area contributed by atoms with E-state index in [9.17, 15) is 14.4 Å². The monoisotopic (exact) mass is 399 g/mol. The van der Waals surface area contributed by atoms with Crippen molar-refractivity contribution >= 4 is 39.8 Å². The summed E-state index contributed by atoms with van der Waals surface area (Å²) in [7, 11) is 0. The number of anilines is 3. The number of benzene rings is 3. The van der Waals surface area contributed by atoms with Gasteiger partial charge in [-0.15, -0.1) is 0 Å². The van der Waals surface area contributed by atoms with Crippen LogP contribution in [0, 0.1) is 0 Å². The summed E-state index contributed by atoms with van der Waals surface area (Å²) in [4.78, 5) is 36.8. The Hall–Kier alpha value is -4.46. The first kappa shape index (κ1) is 18.9. The van der Waals surface area contributed by atoms with Gasteiger partial charge in [0.2, 0.25) is 0 Å². The third-order valence-electron chi connectivity index (χ3n) is 4.32. The molecule has 0 aliphatic carbocycles. The van der Waals surface area contributed by atoms with Crippen LogP contribution in [-0.4, -0.2) is 22.1 Å². The molecule has 3 aromatic carbocycles. The Labute approximate surface area is 170 Å². The fraction of sp³-hybridized carbons (Fsp3) is 0. The van der Waals surface area contributed by atoms with Crippen molar-refractivity contribution in [2.24, 2.45) is 0 Å². The summed E-state index contributed by atoms with van der Waals surface area (Å²) in [6.45, 7) is 0. The van der Waals surface area contributed by atoms with Gasteiger partial charge in [0, 0.05) is 22.4 Å². The Morgan fingerprint density at radius 3 is 2.07 bits per heavy atom. The summed E-state index contributed by atoms with van der Waals surface area (Å²) in [5, 5.41) is 15.2. The van der Waals surface area contributed by atoms with Gasteiger partial charge in [0.05, 0.1) is 5.39 Å². The molecule has 4 rings (SSSR count). The molecular formula is C22H17N5O3. The van der Waals surface area contributed by atoms with E-state index in [-0.39, 0.29) is 11.3 Å². The molecule has 0 spiro atoms. The van der Waals surface area contributed by atoms with Crippen molar-refractivity contribution in [2.45, 2.75) is 0 Å². The van der Waals surface area contributed by atoms with E-state index < -0.39 is 11.9 Å². The molecule has 0 aliphatic heterocycles. The van der Waals surface area contributed by atoms with Crippen molar-refractivity contribution in [3.05, 3.63) is 94.9 Å². The minimum Gasteiger partial charge on any atom is -0.321 e. The lowest BCUT2D eigenvalue weighted by molar-refractivity contribution is 0.102. The molecule has 148 valence electrons. The summed E-state index contributed by atoms with van der Waals surface area (Å²) >= 11 is 0. The first-order valence-electron chi connectivity index (χ1n) is 9.12. The van der Waals surface area contributed by atoms with Gasteiger partial charge < -0.3 is 16.0 Å². The van der Waals surface area contributed by atoms with Crippen LogP contribution >= 0.6 is 0 Å². The molecular weight excluding hydrogens is 382 g/mol. The molecule has 0 radical (unpaired) electrons. The number of carbonyl (C=O) groups is 2. The van der Waals surface area contributed by atoms with E-state index in [0.717, 1.165) is 0 Å². The standard InChI is InChI=1S/C22H17N5O3/c28-20-18-12-5-4-11-17(18)19(26-27-20)21(29)23-15-9-6-10-16(13-15)25-22(30)24-14-7-2-1-3-8-14/h1-13H,(H,23,29)(H,27,28)(H2,24,25,30). The minimum atomic E-state index is -0.478. The topological polar surface area (TPSA) is 116 Å². The molecule has 0 fully saturated rings. The molecule has 0 bridgehead atoms. The van der Waals surface area contributed by atoms with Crippen LogP contribution in [0.3, 0.4) is 0 Å². The Kier molecular flexibility index (Phi) is 5.21. The zero-order valence-corrected chi connectivity index (χ0v) is 15.7. The van der Waals surface area contributed by atoms with E-state index in [1.165, 1.54) is 0 Å². The highest BCUT2D eigenvalue weighted by Gasteiger charge is 2.14. The second kappa shape index (κ2) is 8.27. The number of para-hydroxylation sites is 1. The van der Waals surface area contributed by atoms with Gasteiger partial charge in [0.15, 0.2) is 5.69 Å². The highest BCUT2D eigenvalue weighted by molar-refractivity contribution is 6.11. The molecule has 0 atom stereocenters. The van der Waals surface area contributed by atoms with E-state index >= 15 is 0 Å². The summed E-state index contributed by atoms with van der Waals surface area (Å²) in [6, 6.07) is 22.1. The van der Waals surface area contributed by atoms with Crippen LogP contribution in [0.15, 0.2) is 83.7 Å². The van der Waals surface area contributed by atoms with Crippen LogP contribution < -0.4 is 21.5 Å². The number of nitrogens with one attached hydrogen (secondary N) is 4. The smallest absolute Gasteiger partial charge is 0.321 e. The molecule has 0 saturated carbocycles. The molecule has 0 unspecified atom stereocenters. The van der Waals surface area contributed by atoms with E-state index in [4.69, 9.17) is 0 Å². The normalized spacial score (nSPS) is 10.4. The highest BCUT2D eigenvalue weighted by atomic mass is 16.2. The van der Waals surface area contributed by atoms with Crippen LogP contribution in [0.4, 0.5) is 21.9 Å². The number of amides is 3. The largest absolute Gasteiger partial charge is 0.323 e. The number of H-pyrrole nitrogens is 1. The van der Waals surface area contributed by atoms with Crippen molar-refractivity contribution < 1.29 is 9.59 Å². The van der Waals surface area contributed by atoms with Crippen LogP contribution in [0.2, 0.25) is 0 Å². The first-order valence-corrected chi connectivity index (χ1v) is 9.12. The molecule has 3 amide bonds. The van der Waals surface area contributed by atoms with Gasteiger partial charge in [-0.2, -0.15) is 5.10 Å². The lowest BCUT2D eigenvalue weighted by Crippen LogP contribution is -2.20. The number of fused-ring (bicyclic) bond motifs is 1. The number of hydrogen-bond donors (Lipinski definition) is 4. The zero-order valence-electron chi connectivity index (χ0n) is 15.7. The van der Waals surface area contributed by atoms with Crippen LogP contribution in [0.1, 0.15) is 10.5 Å². The Morgan fingerprint density at radius 2 is 1.30 bits per heavy atom. The maximum Gasteiger partial charge on any atom is 0.323 e. The van der Waals surface area contributed by atoms with Gasteiger partial charge in [0.25, 0.3) is 11.5 Å². The number of aromatic nitrogens is 2. The molecule has 0 saturated heterocycles. The second-order valence-corrected chi connectivity index (χ2v) is 6.43. The van der Waals surface area contributed by atoms with E-state index in [1.54, 1.807) is 60.7 Å². The third-order valence-corrected chi connectivity index (χ3v) is 4.32. The van der Waals surface area contributed by atoms with Crippen LogP contribution in [0.25, 0.3) is 10.8 Å². The predicted octanol–water partition coefficient (Wildman–Crippen LogP) is 3.82. The molecule has 4 N–H and O–H groups in total. The Morgan fingerprint density at radius 1 is 0.700 bits per heavy atom. The Bertz CT molecular complexity index is 1280. The van der Waals surface area contributed by atoms with E-state index in [0.29, 0.717) is 27.8 Å². The van der Waals surface area contributed by atoms with E-state index in [1.807, 2.05) is 18.2 Å². The summed E-state index contributed by atoms with van der Waals surface area (Å²) in [6.07, 6.45) is 0. The SMILES string of the molecule is O=C(Nc1ccccc1)Nc1cccc(NC(=O)c2n[nH]c(=O)c3ccccc23)c1. The molecule has 1 heterocycles. The number of nitrogens with zero attached hydrogens (tertiary/aromatic N) is 1. The lowest BCUT2D eigenvalue weighted by Gasteiger charge is -2.10. The molecule has 8 heteroatoms. The van der Waals surface area contributed by atoms with Gasteiger partial charge in [-0.3, -0.25) is 9.59 Å². The maximum atomic E-state index is 12.7. The van der Waals surface area contributed by atoms with Crippen molar-refractivity contribution in [1.82, 2.24) is 10.2 Å². The van der Waals surface area contributed by atoms with Crippen molar-refractivity contribution in [3.8, 4) is 0 Å². The minimum absolute atomic E-state index is 0.102. The lowest BCUT2D eigenvalue weighted by atomic mass is 10.1. The van der Waals surface area contributed by atoms with Gasteiger partial charge in [-0.1, -0.05) is 42.5 Å². The maximum absolute atomic E-state index is 12.7. The molecule has 4 aromatic rings.